The molecule has 1 aliphatic carbocycles. The second-order valence-electron chi connectivity index (χ2n) is 8.45. The first-order valence-electron chi connectivity index (χ1n) is 10.9. The summed E-state index contributed by atoms with van der Waals surface area (Å²) in [6, 6.07) is 12.6. The lowest BCUT2D eigenvalue weighted by molar-refractivity contribution is 0.240. The molecule has 1 fully saturated rings. The minimum atomic E-state index is -0.283. The van der Waals surface area contributed by atoms with Crippen molar-refractivity contribution >= 4 is 33.9 Å². The summed E-state index contributed by atoms with van der Waals surface area (Å²) in [5.74, 6) is -0.283. The first kappa shape index (κ1) is 21.5. The van der Waals surface area contributed by atoms with Gasteiger partial charge in [-0.25, -0.2) is 4.39 Å². The van der Waals surface area contributed by atoms with Gasteiger partial charge in [-0.2, -0.15) is 0 Å². The molecule has 3 aromatic rings. The molecular weight excluding hydrogens is 409 g/mol. The van der Waals surface area contributed by atoms with Gasteiger partial charge in [-0.15, -0.1) is 0 Å². The molecule has 1 aromatic heterocycles. The van der Waals surface area contributed by atoms with Gasteiger partial charge >= 0.3 is 0 Å². The molecule has 162 valence electrons. The number of hydrogen-bond donors (Lipinski definition) is 2. The Morgan fingerprint density at radius 3 is 2.55 bits per heavy atom. The number of halogens is 1. The SMILES string of the molecule is Cc1ccc2cc(CN(C(=S)Nc3ccc(F)cc3)C3CCCCC3)c(=O)[nH]c2c1C. The lowest BCUT2D eigenvalue weighted by Gasteiger charge is -2.36. The summed E-state index contributed by atoms with van der Waals surface area (Å²) in [7, 11) is 0. The molecule has 6 heteroatoms. The molecule has 0 atom stereocenters. The van der Waals surface area contributed by atoms with Crippen LogP contribution < -0.4 is 10.9 Å². The Balaban J connectivity index is 1.64. The van der Waals surface area contributed by atoms with Crippen molar-refractivity contribution < 1.29 is 4.39 Å². The van der Waals surface area contributed by atoms with Crippen molar-refractivity contribution in [3.63, 3.8) is 0 Å². The van der Waals surface area contributed by atoms with Gasteiger partial charge in [0.15, 0.2) is 5.11 Å². The number of nitrogens with one attached hydrogen (secondary N) is 2. The third-order valence-electron chi connectivity index (χ3n) is 6.34. The Hall–Kier alpha value is -2.73. The minimum absolute atomic E-state index is 0.0772. The van der Waals surface area contributed by atoms with Gasteiger partial charge in [-0.1, -0.05) is 31.4 Å². The van der Waals surface area contributed by atoms with E-state index in [-0.39, 0.29) is 17.4 Å². The number of rotatable bonds is 4. The molecule has 0 spiro atoms. The van der Waals surface area contributed by atoms with E-state index in [1.165, 1.54) is 18.6 Å². The molecule has 1 heterocycles. The molecular formula is C25H28FN3OS. The van der Waals surface area contributed by atoms with Gasteiger partial charge in [0.05, 0.1) is 12.1 Å². The molecule has 0 radical (unpaired) electrons. The predicted molar refractivity (Wildman–Crippen MR) is 129 cm³/mol. The third-order valence-corrected chi connectivity index (χ3v) is 6.68. The standard InChI is InChI=1S/C25H28FN3OS/c1-16-8-9-18-14-19(24(30)28-23(18)17(16)2)15-29(22-6-4-3-5-7-22)25(31)27-21-12-10-20(26)11-13-21/h8-14,22H,3-7,15H2,1-2H3,(H,27,31)(H,28,30). The van der Waals surface area contributed by atoms with Crippen LogP contribution in [0, 0.1) is 19.7 Å². The highest BCUT2D eigenvalue weighted by atomic mass is 32.1. The summed E-state index contributed by atoms with van der Waals surface area (Å²) in [5.41, 5.74) is 4.51. The molecule has 4 nitrogen and oxygen atoms in total. The zero-order valence-corrected chi connectivity index (χ0v) is 18.8. The first-order chi connectivity index (χ1) is 14.9. The van der Waals surface area contributed by atoms with E-state index in [4.69, 9.17) is 12.2 Å². The van der Waals surface area contributed by atoms with Gasteiger partial charge in [0.1, 0.15) is 5.82 Å². The second kappa shape index (κ2) is 9.18. The van der Waals surface area contributed by atoms with Crippen LogP contribution in [0.5, 0.6) is 0 Å². The van der Waals surface area contributed by atoms with Gasteiger partial charge in [0, 0.05) is 17.3 Å². The maximum atomic E-state index is 13.3. The van der Waals surface area contributed by atoms with Crippen LogP contribution in [-0.2, 0) is 6.54 Å². The van der Waals surface area contributed by atoms with Crippen LogP contribution in [0.1, 0.15) is 48.8 Å². The highest BCUT2D eigenvalue weighted by Crippen LogP contribution is 2.26. The Morgan fingerprint density at radius 2 is 1.84 bits per heavy atom. The van der Waals surface area contributed by atoms with Crippen LogP contribution in [0.25, 0.3) is 10.9 Å². The fourth-order valence-electron chi connectivity index (χ4n) is 4.36. The van der Waals surface area contributed by atoms with Crippen molar-refractivity contribution in [3.05, 3.63) is 75.3 Å². The molecule has 2 aromatic carbocycles. The predicted octanol–water partition coefficient (Wildman–Crippen LogP) is 5.82. The van der Waals surface area contributed by atoms with E-state index in [0.29, 0.717) is 17.2 Å². The molecule has 0 saturated heterocycles. The van der Waals surface area contributed by atoms with Crippen molar-refractivity contribution in [2.75, 3.05) is 5.32 Å². The number of H-pyrrole nitrogens is 1. The van der Waals surface area contributed by atoms with Crippen molar-refractivity contribution in [2.24, 2.45) is 0 Å². The fraction of sp³-hybridized carbons (Fsp3) is 0.360. The molecule has 2 N–H and O–H groups in total. The molecule has 4 rings (SSSR count). The van der Waals surface area contributed by atoms with E-state index in [0.717, 1.165) is 53.4 Å². The average molecular weight is 438 g/mol. The molecule has 0 unspecified atom stereocenters. The Labute approximate surface area is 187 Å². The largest absolute Gasteiger partial charge is 0.342 e. The highest BCUT2D eigenvalue weighted by Gasteiger charge is 2.24. The summed E-state index contributed by atoms with van der Waals surface area (Å²) in [6.45, 7) is 4.52. The number of anilines is 1. The summed E-state index contributed by atoms with van der Waals surface area (Å²) in [5, 5.41) is 4.83. The van der Waals surface area contributed by atoms with Crippen LogP contribution in [0.3, 0.4) is 0 Å². The van der Waals surface area contributed by atoms with Crippen molar-refractivity contribution in [3.8, 4) is 0 Å². The molecule has 1 aliphatic rings. The van der Waals surface area contributed by atoms with Crippen molar-refractivity contribution in [1.82, 2.24) is 9.88 Å². The topological polar surface area (TPSA) is 48.1 Å². The molecule has 0 amide bonds. The van der Waals surface area contributed by atoms with Crippen molar-refractivity contribution in [2.45, 2.75) is 58.5 Å². The van der Waals surface area contributed by atoms with E-state index in [2.05, 4.69) is 27.3 Å². The van der Waals surface area contributed by atoms with Crippen LogP contribution in [0.4, 0.5) is 10.1 Å². The molecule has 0 aliphatic heterocycles. The monoisotopic (exact) mass is 437 g/mol. The fourth-order valence-corrected chi connectivity index (χ4v) is 4.69. The number of benzene rings is 2. The Morgan fingerprint density at radius 1 is 1.13 bits per heavy atom. The number of aryl methyl sites for hydroxylation is 2. The molecule has 1 saturated carbocycles. The van der Waals surface area contributed by atoms with Gasteiger partial charge in [-0.3, -0.25) is 4.79 Å². The Kier molecular flexibility index (Phi) is 6.37. The first-order valence-corrected chi connectivity index (χ1v) is 11.3. The molecule has 31 heavy (non-hydrogen) atoms. The van der Waals surface area contributed by atoms with E-state index in [1.54, 1.807) is 12.1 Å². The van der Waals surface area contributed by atoms with Gasteiger partial charge in [0.2, 0.25) is 0 Å². The zero-order valence-electron chi connectivity index (χ0n) is 18.0. The van der Waals surface area contributed by atoms with E-state index in [9.17, 15) is 9.18 Å². The second-order valence-corrected chi connectivity index (χ2v) is 8.84. The average Bonchev–Trinajstić information content (AvgIpc) is 2.77. The summed E-state index contributed by atoms with van der Waals surface area (Å²) in [4.78, 5) is 18.2. The van der Waals surface area contributed by atoms with Crippen molar-refractivity contribution in [1.29, 1.82) is 0 Å². The van der Waals surface area contributed by atoms with Gasteiger partial charge in [0.25, 0.3) is 5.56 Å². The lowest BCUT2D eigenvalue weighted by Crippen LogP contribution is -2.44. The van der Waals surface area contributed by atoms with Crippen LogP contribution in [0.15, 0.2) is 47.3 Å². The van der Waals surface area contributed by atoms with Crippen LogP contribution in [-0.4, -0.2) is 21.0 Å². The summed E-state index contributed by atoms with van der Waals surface area (Å²) < 4.78 is 13.3. The maximum absolute atomic E-state index is 13.3. The number of fused-ring (bicyclic) bond motifs is 1. The van der Waals surface area contributed by atoms with E-state index >= 15 is 0 Å². The zero-order chi connectivity index (χ0) is 22.0. The smallest absolute Gasteiger partial charge is 0.253 e. The number of pyridine rings is 1. The number of aromatic amines is 1. The summed E-state index contributed by atoms with van der Waals surface area (Å²) >= 11 is 5.76. The number of nitrogens with zero attached hydrogens (tertiary/aromatic N) is 1. The maximum Gasteiger partial charge on any atom is 0.253 e. The normalized spacial score (nSPS) is 14.5. The number of hydrogen-bond acceptors (Lipinski definition) is 2. The minimum Gasteiger partial charge on any atom is -0.342 e. The molecule has 0 bridgehead atoms. The lowest BCUT2D eigenvalue weighted by atomic mass is 9.94. The van der Waals surface area contributed by atoms with Crippen LogP contribution >= 0.6 is 12.2 Å². The van der Waals surface area contributed by atoms with E-state index in [1.807, 2.05) is 19.9 Å². The van der Waals surface area contributed by atoms with Gasteiger partial charge < -0.3 is 15.2 Å². The Bertz CT molecular complexity index is 1150. The quantitative estimate of drug-likeness (QED) is 0.505. The van der Waals surface area contributed by atoms with E-state index < -0.39 is 0 Å². The van der Waals surface area contributed by atoms with Crippen LogP contribution in [0.2, 0.25) is 0 Å². The number of aromatic nitrogens is 1. The summed E-state index contributed by atoms with van der Waals surface area (Å²) in [6.07, 6.45) is 5.65. The highest BCUT2D eigenvalue weighted by molar-refractivity contribution is 7.80. The third kappa shape index (κ3) is 4.79. The van der Waals surface area contributed by atoms with Gasteiger partial charge in [-0.05, 0) is 85.8 Å². The number of thiocarbonyl (C=S) groups is 1.